The molecule has 6 nitrogen and oxygen atoms in total. The van der Waals surface area contributed by atoms with Crippen LogP contribution in [-0.2, 0) is 0 Å². The van der Waals surface area contributed by atoms with Crippen molar-refractivity contribution in [3.63, 3.8) is 0 Å². The standard InChI is InChI=1S/C29H23N5O/c35-29(34-17-14-22(19-34)20-8-2-1-3-9-20)21-12-13-23-26(18-21)33-28(25-11-5-7-16-31-25)27(32-23)24-10-4-6-15-30-24/h1-13,15-16,18,22H,14,17,19H2/t22-/m1/s1. The monoisotopic (exact) mass is 457 g/mol. The van der Waals surface area contributed by atoms with Crippen LogP contribution in [0.3, 0.4) is 0 Å². The molecule has 0 aliphatic carbocycles. The molecule has 0 spiro atoms. The number of benzene rings is 2. The van der Waals surface area contributed by atoms with E-state index in [1.165, 1.54) is 5.56 Å². The zero-order valence-electron chi connectivity index (χ0n) is 19.1. The molecule has 6 heteroatoms. The van der Waals surface area contributed by atoms with Crippen LogP contribution in [0.1, 0.15) is 28.3 Å². The third-order valence-corrected chi connectivity index (χ3v) is 6.47. The number of carbonyl (C=O) groups excluding carboxylic acids is 1. The average Bonchev–Trinajstić information content (AvgIpc) is 3.43. The Hall–Kier alpha value is -4.45. The Morgan fingerprint density at radius 2 is 1.40 bits per heavy atom. The van der Waals surface area contributed by atoms with Crippen molar-refractivity contribution >= 4 is 16.9 Å². The number of hydrogen-bond donors (Lipinski definition) is 0. The highest BCUT2D eigenvalue weighted by Gasteiger charge is 2.28. The van der Waals surface area contributed by atoms with Gasteiger partial charge in [-0.15, -0.1) is 0 Å². The number of nitrogens with zero attached hydrogens (tertiary/aromatic N) is 5. The fraction of sp³-hybridized carbons (Fsp3) is 0.138. The molecule has 4 heterocycles. The first-order valence-corrected chi connectivity index (χ1v) is 11.7. The van der Waals surface area contributed by atoms with Gasteiger partial charge in [0.25, 0.3) is 5.91 Å². The van der Waals surface area contributed by atoms with Crippen LogP contribution in [0.5, 0.6) is 0 Å². The summed E-state index contributed by atoms with van der Waals surface area (Å²) in [6, 6.07) is 27.4. The molecular weight excluding hydrogens is 434 g/mol. The third-order valence-electron chi connectivity index (χ3n) is 6.47. The van der Waals surface area contributed by atoms with Crippen molar-refractivity contribution in [2.45, 2.75) is 12.3 Å². The topological polar surface area (TPSA) is 71.9 Å². The lowest BCUT2D eigenvalue weighted by molar-refractivity contribution is 0.0791. The van der Waals surface area contributed by atoms with Gasteiger partial charge < -0.3 is 4.90 Å². The molecule has 5 aromatic rings. The molecule has 1 saturated heterocycles. The summed E-state index contributed by atoms with van der Waals surface area (Å²) in [5.74, 6) is 0.400. The molecule has 3 aromatic heterocycles. The van der Waals surface area contributed by atoms with E-state index in [0.717, 1.165) is 25.2 Å². The van der Waals surface area contributed by atoms with Gasteiger partial charge in [-0.2, -0.15) is 0 Å². The van der Waals surface area contributed by atoms with Crippen molar-refractivity contribution < 1.29 is 4.79 Å². The van der Waals surface area contributed by atoms with Crippen molar-refractivity contribution in [3.8, 4) is 22.8 Å². The van der Waals surface area contributed by atoms with E-state index in [1.807, 2.05) is 65.6 Å². The van der Waals surface area contributed by atoms with Crippen molar-refractivity contribution in [3.05, 3.63) is 108 Å². The largest absolute Gasteiger partial charge is 0.338 e. The Morgan fingerprint density at radius 3 is 2.06 bits per heavy atom. The number of hydrogen-bond acceptors (Lipinski definition) is 5. The number of amides is 1. The first-order chi connectivity index (χ1) is 17.3. The number of aromatic nitrogens is 4. The molecule has 0 saturated carbocycles. The fourth-order valence-corrected chi connectivity index (χ4v) is 4.67. The van der Waals surface area contributed by atoms with Gasteiger partial charge in [0.15, 0.2) is 0 Å². The quantitative estimate of drug-likeness (QED) is 0.362. The predicted molar refractivity (Wildman–Crippen MR) is 136 cm³/mol. The maximum atomic E-state index is 13.4. The second kappa shape index (κ2) is 9.06. The first-order valence-electron chi connectivity index (χ1n) is 11.7. The summed E-state index contributed by atoms with van der Waals surface area (Å²) in [6.07, 6.45) is 4.45. The predicted octanol–water partition coefficient (Wildman–Crippen LogP) is 5.38. The lowest BCUT2D eigenvalue weighted by Gasteiger charge is -2.17. The molecule has 0 unspecified atom stereocenters. The average molecular weight is 458 g/mol. The van der Waals surface area contributed by atoms with Crippen molar-refractivity contribution in [1.82, 2.24) is 24.8 Å². The second-order valence-corrected chi connectivity index (χ2v) is 8.70. The molecule has 2 aromatic carbocycles. The Bertz CT molecular complexity index is 1490. The minimum Gasteiger partial charge on any atom is -0.338 e. The third kappa shape index (κ3) is 4.15. The molecule has 0 radical (unpaired) electrons. The molecule has 1 aliphatic rings. The minimum atomic E-state index is 0.0281. The Morgan fingerprint density at radius 1 is 0.743 bits per heavy atom. The number of rotatable bonds is 4. The van der Waals surface area contributed by atoms with Gasteiger partial charge in [0, 0.05) is 37.0 Å². The zero-order valence-corrected chi connectivity index (χ0v) is 19.1. The first kappa shape index (κ1) is 21.1. The van der Waals surface area contributed by atoms with Crippen LogP contribution in [0, 0.1) is 0 Å². The molecular formula is C29H23N5O. The molecule has 1 aliphatic heterocycles. The smallest absolute Gasteiger partial charge is 0.253 e. The molecule has 0 N–H and O–H groups in total. The van der Waals surface area contributed by atoms with E-state index < -0.39 is 0 Å². The van der Waals surface area contributed by atoms with Crippen LogP contribution in [0.2, 0.25) is 0 Å². The van der Waals surface area contributed by atoms with Gasteiger partial charge in [-0.1, -0.05) is 42.5 Å². The van der Waals surface area contributed by atoms with E-state index in [2.05, 4.69) is 34.2 Å². The van der Waals surface area contributed by atoms with Gasteiger partial charge in [-0.3, -0.25) is 14.8 Å². The van der Waals surface area contributed by atoms with Crippen molar-refractivity contribution in [2.24, 2.45) is 0 Å². The number of fused-ring (bicyclic) bond motifs is 1. The molecule has 35 heavy (non-hydrogen) atoms. The van der Waals surface area contributed by atoms with E-state index in [9.17, 15) is 4.79 Å². The van der Waals surface area contributed by atoms with Crippen LogP contribution in [-0.4, -0.2) is 43.8 Å². The Labute approximate surface area is 203 Å². The van der Waals surface area contributed by atoms with Gasteiger partial charge in [0.05, 0.1) is 22.4 Å². The highest BCUT2D eigenvalue weighted by atomic mass is 16.2. The van der Waals surface area contributed by atoms with Gasteiger partial charge in [-0.25, -0.2) is 9.97 Å². The molecule has 170 valence electrons. The number of carbonyl (C=O) groups is 1. The maximum absolute atomic E-state index is 13.4. The van der Waals surface area contributed by atoms with E-state index in [0.29, 0.717) is 39.6 Å². The second-order valence-electron chi connectivity index (χ2n) is 8.70. The molecule has 6 rings (SSSR count). The Kier molecular flexibility index (Phi) is 5.47. The van der Waals surface area contributed by atoms with Gasteiger partial charge in [0.1, 0.15) is 11.4 Å². The number of likely N-dealkylation sites (tertiary alicyclic amines) is 1. The van der Waals surface area contributed by atoms with Crippen LogP contribution in [0.15, 0.2) is 97.3 Å². The fourth-order valence-electron chi connectivity index (χ4n) is 4.67. The summed E-state index contributed by atoms with van der Waals surface area (Å²) in [7, 11) is 0. The van der Waals surface area contributed by atoms with Crippen LogP contribution in [0.4, 0.5) is 0 Å². The zero-order chi connectivity index (χ0) is 23.6. The lowest BCUT2D eigenvalue weighted by atomic mass is 9.99. The van der Waals surface area contributed by atoms with Gasteiger partial charge >= 0.3 is 0 Å². The molecule has 1 atom stereocenters. The SMILES string of the molecule is O=C(c1ccc2nc(-c3ccccn3)c(-c3ccccn3)nc2c1)N1CC[C@@H](c2ccccc2)C1. The number of pyridine rings is 2. The normalized spacial score (nSPS) is 15.4. The van der Waals surface area contributed by atoms with E-state index in [1.54, 1.807) is 12.4 Å². The van der Waals surface area contributed by atoms with E-state index >= 15 is 0 Å². The molecule has 0 bridgehead atoms. The molecule has 1 amide bonds. The summed E-state index contributed by atoms with van der Waals surface area (Å²) >= 11 is 0. The highest BCUT2D eigenvalue weighted by Crippen LogP contribution is 2.31. The highest BCUT2D eigenvalue weighted by molar-refractivity contribution is 5.98. The minimum absolute atomic E-state index is 0.0281. The van der Waals surface area contributed by atoms with E-state index in [-0.39, 0.29) is 5.91 Å². The summed E-state index contributed by atoms with van der Waals surface area (Å²) in [4.78, 5) is 34.1. The Balaban J connectivity index is 1.36. The van der Waals surface area contributed by atoms with Crippen LogP contribution < -0.4 is 0 Å². The van der Waals surface area contributed by atoms with Crippen LogP contribution in [0.25, 0.3) is 33.8 Å². The maximum Gasteiger partial charge on any atom is 0.253 e. The summed E-state index contributed by atoms with van der Waals surface area (Å²) in [5, 5.41) is 0. The summed E-state index contributed by atoms with van der Waals surface area (Å²) in [6.45, 7) is 1.48. The summed E-state index contributed by atoms with van der Waals surface area (Å²) in [5.41, 5.74) is 6.04. The van der Waals surface area contributed by atoms with Gasteiger partial charge in [-0.05, 0) is 54.4 Å². The van der Waals surface area contributed by atoms with Gasteiger partial charge in [0.2, 0.25) is 0 Å². The van der Waals surface area contributed by atoms with Crippen molar-refractivity contribution in [2.75, 3.05) is 13.1 Å². The van der Waals surface area contributed by atoms with Crippen molar-refractivity contribution in [1.29, 1.82) is 0 Å². The van der Waals surface area contributed by atoms with E-state index in [4.69, 9.17) is 9.97 Å². The molecule has 1 fully saturated rings. The lowest BCUT2D eigenvalue weighted by Crippen LogP contribution is -2.28. The summed E-state index contributed by atoms with van der Waals surface area (Å²) < 4.78 is 0. The van der Waals surface area contributed by atoms with Crippen LogP contribution >= 0.6 is 0 Å².